The molecular weight excluding hydrogens is 464 g/mol. The van der Waals surface area contributed by atoms with Gasteiger partial charge in [0.2, 0.25) is 15.9 Å². The normalized spacial score (nSPS) is 12.5. The van der Waals surface area contributed by atoms with E-state index in [0.717, 1.165) is 5.56 Å². The highest BCUT2D eigenvalue weighted by Crippen LogP contribution is 2.26. The first-order valence-corrected chi connectivity index (χ1v) is 13.1. The van der Waals surface area contributed by atoms with Crippen molar-refractivity contribution in [3.63, 3.8) is 0 Å². The average molecular weight is 497 g/mol. The van der Waals surface area contributed by atoms with E-state index in [9.17, 15) is 18.0 Å². The first-order chi connectivity index (χ1) is 16.6. The number of aromatic nitrogens is 2. The van der Waals surface area contributed by atoms with Crippen molar-refractivity contribution < 1.29 is 13.2 Å². The summed E-state index contributed by atoms with van der Waals surface area (Å²) in [6.45, 7) is 9.80. The third-order valence-corrected chi connectivity index (χ3v) is 8.09. The lowest BCUT2D eigenvalue weighted by atomic mass is 10.1. The zero-order chi connectivity index (χ0) is 25.8. The second-order valence-electron chi connectivity index (χ2n) is 8.35. The van der Waals surface area contributed by atoms with E-state index >= 15 is 0 Å². The van der Waals surface area contributed by atoms with E-state index in [1.165, 1.54) is 15.1 Å². The quantitative estimate of drug-likeness (QED) is 0.480. The maximum absolute atomic E-state index is 13.2. The molecule has 35 heavy (non-hydrogen) atoms. The monoisotopic (exact) mass is 496 g/mol. The molecule has 0 aliphatic carbocycles. The molecule has 0 spiro atoms. The molecule has 1 heterocycles. The SMILES string of the molecule is CC[C@@H](C(=O)Nc1cccc(C)c1)n1nc(-c2ccc(C)c(S(=O)(=O)N(CC)CC)c2)ccc1=O. The van der Waals surface area contributed by atoms with Crippen LogP contribution in [0.2, 0.25) is 0 Å². The van der Waals surface area contributed by atoms with Crippen LogP contribution in [0.5, 0.6) is 0 Å². The number of hydrogen-bond donors (Lipinski definition) is 1. The topological polar surface area (TPSA) is 101 Å². The molecular formula is C26H32N4O4S. The zero-order valence-electron chi connectivity index (χ0n) is 20.8. The van der Waals surface area contributed by atoms with Gasteiger partial charge in [0.05, 0.1) is 10.6 Å². The minimum absolute atomic E-state index is 0.197. The van der Waals surface area contributed by atoms with Gasteiger partial charge in [0.25, 0.3) is 5.56 Å². The molecule has 1 N–H and O–H groups in total. The fourth-order valence-corrected chi connectivity index (χ4v) is 5.67. The molecule has 0 bridgehead atoms. The summed E-state index contributed by atoms with van der Waals surface area (Å²) in [4.78, 5) is 25.9. The minimum Gasteiger partial charge on any atom is -0.324 e. The van der Waals surface area contributed by atoms with E-state index in [-0.39, 0.29) is 10.8 Å². The van der Waals surface area contributed by atoms with Crippen LogP contribution in [0.4, 0.5) is 5.69 Å². The molecule has 0 fully saturated rings. The molecule has 186 valence electrons. The number of rotatable bonds is 9. The third-order valence-electron chi connectivity index (χ3n) is 5.90. The van der Waals surface area contributed by atoms with E-state index < -0.39 is 21.6 Å². The van der Waals surface area contributed by atoms with E-state index in [0.29, 0.717) is 42.0 Å². The molecule has 3 rings (SSSR count). The Hall–Kier alpha value is -3.30. The summed E-state index contributed by atoms with van der Waals surface area (Å²) in [6.07, 6.45) is 0.351. The molecule has 1 atom stereocenters. The Morgan fingerprint density at radius 1 is 1.03 bits per heavy atom. The molecule has 0 radical (unpaired) electrons. The van der Waals surface area contributed by atoms with Crippen molar-refractivity contribution in [2.45, 2.75) is 52.0 Å². The summed E-state index contributed by atoms with van der Waals surface area (Å²) in [5, 5.41) is 7.32. The predicted octanol–water partition coefficient (Wildman–Crippen LogP) is 4.15. The standard InChI is InChI=1S/C26H32N4O4S/c1-6-23(26(32)27-21-11-9-10-18(4)16-21)30-25(31)15-14-22(28-30)20-13-12-19(5)24(17-20)35(33,34)29(7-2)8-3/h9-17,23H,6-8H2,1-5H3,(H,27,32)/t23-/m0/s1. The van der Waals surface area contributed by atoms with Crippen molar-refractivity contribution in [2.75, 3.05) is 18.4 Å². The van der Waals surface area contributed by atoms with Crippen LogP contribution in [0, 0.1) is 13.8 Å². The summed E-state index contributed by atoms with van der Waals surface area (Å²) < 4.78 is 28.9. The lowest BCUT2D eigenvalue weighted by molar-refractivity contribution is -0.119. The molecule has 1 amide bonds. The van der Waals surface area contributed by atoms with Crippen LogP contribution in [0.25, 0.3) is 11.3 Å². The molecule has 2 aromatic carbocycles. The number of nitrogens with one attached hydrogen (secondary N) is 1. The second kappa shape index (κ2) is 11.0. The van der Waals surface area contributed by atoms with E-state index in [2.05, 4.69) is 10.4 Å². The molecule has 0 saturated heterocycles. The van der Waals surface area contributed by atoms with Gasteiger partial charge in [-0.25, -0.2) is 13.1 Å². The fourth-order valence-electron chi connectivity index (χ4n) is 3.96. The number of carbonyl (C=O) groups excluding carboxylic acids is 1. The van der Waals surface area contributed by atoms with E-state index in [4.69, 9.17) is 0 Å². The van der Waals surface area contributed by atoms with Gasteiger partial charge in [-0.05, 0) is 55.7 Å². The first kappa shape index (κ1) is 26.3. The number of hydrogen-bond acceptors (Lipinski definition) is 5. The van der Waals surface area contributed by atoms with Crippen molar-refractivity contribution in [1.29, 1.82) is 0 Å². The zero-order valence-corrected chi connectivity index (χ0v) is 21.6. The number of nitrogens with zero attached hydrogens (tertiary/aromatic N) is 3. The van der Waals surface area contributed by atoms with Crippen molar-refractivity contribution in [2.24, 2.45) is 0 Å². The van der Waals surface area contributed by atoms with Crippen molar-refractivity contribution >= 4 is 21.6 Å². The maximum atomic E-state index is 13.2. The van der Waals surface area contributed by atoms with Crippen LogP contribution < -0.4 is 10.9 Å². The van der Waals surface area contributed by atoms with Crippen LogP contribution in [-0.4, -0.2) is 41.5 Å². The Morgan fingerprint density at radius 2 is 1.74 bits per heavy atom. The number of aryl methyl sites for hydroxylation is 2. The number of benzene rings is 2. The Morgan fingerprint density at radius 3 is 2.37 bits per heavy atom. The molecule has 1 aromatic heterocycles. The number of anilines is 1. The molecule has 0 aliphatic rings. The Bertz CT molecular complexity index is 1380. The smallest absolute Gasteiger partial charge is 0.267 e. The highest BCUT2D eigenvalue weighted by Gasteiger charge is 2.25. The summed E-state index contributed by atoms with van der Waals surface area (Å²) in [5.74, 6) is -0.349. The van der Waals surface area contributed by atoms with Crippen LogP contribution >= 0.6 is 0 Å². The minimum atomic E-state index is -3.68. The molecule has 8 nitrogen and oxygen atoms in total. The van der Waals surface area contributed by atoms with Crippen LogP contribution in [-0.2, 0) is 14.8 Å². The third kappa shape index (κ3) is 5.68. The van der Waals surface area contributed by atoms with Gasteiger partial charge in [0.1, 0.15) is 6.04 Å². The molecule has 9 heteroatoms. The van der Waals surface area contributed by atoms with Crippen LogP contribution in [0.1, 0.15) is 44.4 Å². The van der Waals surface area contributed by atoms with Gasteiger partial charge in [-0.15, -0.1) is 0 Å². The molecule has 0 unspecified atom stereocenters. The van der Waals surface area contributed by atoms with Gasteiger partial charge >= 0.3 is 0 Å². The lowest BCUT2D eigenvalue weighted by Crippen LogP contribution is -2.34. The fraction of sp³-hybridized carbons (Fsp3) is 0.346. The largest absolute Gasteiger partial charge is 0.324 e. The lowest BCUT2D eigenvalue weighted by Gasteiger charge is -2.20. The molecule has 0 aliphatic heterocycles. The van der Waals surface area contributed by atoms with Gasteiger partial charge in [0, 0.05) is 30.4 Å². The average Bonchev–Trinajstić information content (AvgIpc) is 2.81. The second-order valence-corrected chi connectivity index (χ2v) is 10.3. The summed E-state index contributed by atoms with van der Waals surface area (Å²) in [6, 6.07) is 14.5. The Balaban J connectivity index is 2.01. The van der Waals surface area contributed by atoms with Gasteiger partial charge in [0.15, 0.2) is 0 Å². The Kier molecular flexibility index (Phi) is 8.24. The van der Waals surface area contributed by atoms with Gasteiger partial charge in [-0.3, -0.25) is 9.59 Å². The number of carbonyl (C=O) groups is 1. The first-order valence-electron chi connectivity index (χ1n) is 11.7. The summed E-state index contributed by atoms with van der Waals surface area (Å²) >= 11 is 0. The van der Waals surface area contributed by atoms with Crippen molar-refractivity contribution in [3.8, 4) is 11.3 Å². The molecule has 0 saturated carbocycles. The van der Waals surface area contributed by atoms with Crippen LogP contribution in [0.15, 0.2) is 64.3 Å². The van der Waals surface area contributed by atoms with Crippen LogP contribution in [0.3, 0.4) is 0 Å². The van der Waals surface area contributed by atoms with Crippen molar-refractivity contribution in [1.82, 2.24) is 14.1 Å². The summed E-state index contributed by atoms with van der Waals surface area (Å²) in [5.41, 5.74) is 2.80. The molecule has 3 aromatic rings. The Labute approximate surface area is 206 Å². The van der Waals surface area contributed by atoms with Crippen molar-refractivity contribution in [3.05, 3.63) is 76.1 Å². The van der Waals surface area contributed by atoms with Gasteiger partial charge < -0.3 is 5.32 Å². The highest BCUT2D eigenvalue weighted by molar-refractivity contribution is 7.89. The number of amides is 1. The van der Waals surface area contributed by atoms with E-state index in [1.807, 2.05) is 32.0 Å². The van der Waals surface area contributed by atoms with Gasteiger partial charge in [-0.1, -0.05) is 45.0 Å². The highest BCUT2D eigenvalue weighted by atomic mass is 32.2. The predicted molar refractivity (Wildman–Crippen MR) is 138 cm³/mol. The summed E-state index contributed by atoms with van der Waals surface area (Å²) in [7, 11) is -3.68. The number of sulfonamides is 1. The van der Waals surface area contributed by atoms with E-state index in [1.54, 1.807) is 51.1 Å². The maximum Gasteiger partial charge on any atom is 0.267 e. The van der Waals surface area contributed by atoms with Gasteiger partial charge in [-0.2, -0.15) is 9.40 Å².